The first-order chi connectivity index (χ1) is 15.5. The monoisotopic (exact) mass is 437 g/mol. The summed E-state index contributed by atoms with van der Waals surface area (Å²) < 4.78 is 16.9. The first kappa shape index (κ1) is 22.5. The Morgan fingerprint density at radius 3 is 2.69 bits per heavy atom. The van der Waals surface area contributed by atoms with E-state index in [1.807, 2.05) is 19.9 Å². The van der Waals surface area contributed by atoms with Crippen LogP contribution in [0.4, 0.5) is 5.69 Å². The largest absolute Gasteiger partial charge is 0.490 e. The second-order valence-corrected chi connectivity index (χ2v) is 6.66. The number of carbonyl (C=O) groups is 1. The fraction of sp³-hybridized carbons (Fsp3) is 0.217. The zero-order valence-electron chi connectivity index (χ0n) is 17.8. The first-order valence-electron chi connectivity index (χ1n) is 10.0. The molecule has 3 aromatic rings. The van der Waals surface area contributed by atoms with Gasteiger partial charge in [-0.15, -0.1) is 6.58 Å². The zero-order chi connectivity index (χ0) is 23.1. The Balaban J connectivity index is 1.80. The van der Waals surface area contributed by atoms with Gasteiger partial charge in [0.2, 0.25) is 0 Å². The Kier molecular flexibility index (Phi) is 7.22. The number of hydrazone groups is 1. The molecule has 0 bridgehead atoms. The molecule has 9 nitrogen and oxygen atoms in total. The molecule has 1 heterocycles. The lowest BCUT2D eigenvalue weighted by Crippen LogP contribution is -2.16. The Morgan fingerprint density at radius 2 is 2.00 bits per heavy atom. The summed E-state index contributed by atoms with van der Waals surface area (Å²) in [6.07, 6.45) is 3.83. The normalized spacial score (nSPS) is 10.9. The number of nitro benzene ring substituents is 1. The molecule has 0 aliphatic rings. The number of nitro groups is 1. The van der Waals surface area contributed by atoms with E-state index in [4.69, 9.17) is 13.9 Å². The van der Waals surface area contributed by atoms with Crippen LogP contribution in [0.25, 0.3) is 11.0 Å². The minimum Gasteiger partial charge on any atom is -0.490 e. The van der Waals surface area contributed by atoms with Crippen molar-refractivity contribution in [1.29, 1.82) is 0 Å². The molecular formula is C23H23N3O6. The van der Waals surface area contributed by atoms with E-state index in [2.05, 4.69) is 17.1 Å². The van der Waals surface area contributed by atoms with Crippen molar-refractivity contribution >= 4 is 28.8 Å². The second-order valence-electron chi connectivity index (χ2n) is 6.66. The fourth-order valence-corrected chi connectivity index (χ4v) is 3.11. The molecule has 32 heavy (non-hydrogen) atoms. The summed E-state index contributed by atoms with van der Waals surface area (Å²) in [5.74, 6) is 0.654. The van der Waals surface area contributed by atoms with Crippen molar-refractivity contribution in [3.8, 4) is 11.5 Å². The summed E-state index contributed by atoms with van der Waals surface area (Å²) in [7, 11) is 0. The molecular weight excluding hydrogens is 414 g/mol. The maximum absolute atomic E-state index is 12.4. The zero-order valence-corrected chi connectivity index (χ0v) is 17.8. The van der Waals surface area contributed by atoms with Gasteiger partial charge >= 0.3 is 5.91 Å². The number of nitrogens with one attached hydrogen (secondary N) is 1. The number of furan rings is 1. The van der Waals surface area contributed by atoms with E-state index in [1.54, 1.807) is 12.1 Å². The number of non-ortho nitro benzene ring substituents is 1. The maximum atomic E-state index is 12.4. The van der Waals surface area contributed by atoms with Gasteiger partial charge in [-0.05, 0) is 50.1 Å². The van der Waals surface area contributed by atoms with Crippen molar-refractivity contribution in [2.75, 3.05) is 13.2 Å². The van der Waals surface area contributed by atoms with Crippen LogP contribution in [-0.2, 0) is 6.42 Å². The van der Waals surface area contributed by atoms with Crippen LogP contribution in [0.1, 0.15) is 35.5 Å². The Hall–Kier alpha value is -4.14. The number of benzene rings is 2. The van der Waals surface area contributed by atoms with Crippen molar-refractivity contribution in [2.45, 2.75) is 20.3 Å². The van der Waals surface area contributed by atoms with Crippen molar-refractivity contribution in [3.63, 3.8) is 0 Å². The highest BCUT2D eigenvalue weighted by Gasteiger charge is 2.15. The number of fused-ring (bicyclic) bond motifs is 1. The standard InChI is InChI=1S/C23H23N3O6/c1-4-7-16-10-15(11-20(30-5-2)22(16)31-6-3)14-24-25-23(27)21-13-17-12-18(26(28)29)8-9-19(17)32-21/h4,8-14H,1,5-7H2,2-3H3,(H,25,27)/b24-14-. The van der Waals surface area contributed by atoms with Crippen molar-refractivity contribution < 1.29 is 23.6 Å². The van der Waals surface area contributed by atoms with Crippen molar-refractivity contribution in [1.82, 2.24) is 5.43 Å². The Morgan fingerprint density at radius 1 is 1.22 bits per heavy atom. The molecule has 1 N–H and O–H groups in total. The molecule has 1 aromatic heterocycles. The van der Waals surface area contributed by atoms with E-state index in [-0.39, 0.29) is 11.4 Å². The SMILES string of the molecule is C=CCc1cc(/C=N\NC(=O)c2cc3cc([N+](=O)[O-])ccc3o2)cc(OCC)c1OCC. The van der Waals surface area contributed by atoms with Gasteiger partial charge in [0.25, 0.3) is 5.69 Å². The Labute approximate surface area is 184 Å². The molecule has 0 saturated heterocycles. The maximum Gasteiger partial charge on any atom is 0.307 e. The van der Waals surface area contributed by atoms with E-state index in [0.29, 0.717) is 47.7 Å². The molecule has 9 heteroatoms. The van der Waals surface area contributed by atoms with Gasteiger partial charge < -0.3 is 13.9 Å². The molecule has 0 unspecified atom stereocenters. The van der Waals surface area contributed by atoms with E-state index in [9.17, 15) is 14.9 Å². The highest BCUT2D eigenvalue weighted by atomic mass is 16.6. The third-order valence-electron chi connectivity index (χ3n) is 4.42. The third kappa shape index (κ3) is 5.12. The predicted octanol–water partition coefficient (Wildman–Crippen LogP) is 4.63. The Bertz CT molecular complexity index is 1180. The molecule has 0 aliphatic carbocycles. The molecule has 0 atom stereocenters. The summed E-state index contributed by atoms with van der Waals surface area (Å²) in [6, 6.07) is 9.19. The van der Waals surface area contributed by atoms with Gasteiger partial charge in [-0.3, -0.25) is 14.9 Å². The lowest BCUT2D eigenvalue weighted by atomic mass is 10.1. The lowest BCUT2D eigenvalue weighted by Gasteiger charge is -2.15. The highest BCUT2D eigenvalue weighted by molar-refractivity contribution is 5.97. The predicted molar refractivity (Wildman–Crippen MR) is 121 cm³/mol. The smallest absolute Gasteiger partial charge is 0.307 e. The molecule has 0 radical (unpaired) electrons. The minimum atomic E-state index is -0.581. The van der Waals surface area contributed by atoms with Crippen LogP contribution in [0.15, 0.2) is 58.6 Å². The number of amides is 1. The number of ether oxygens (including phenoxy) is 2. The summed E-state index contributed by atoms with van der Waals surface area (Å²) in [6.45, 7) is 8.52. The van der Waals surface area contributed by atoms with E-state index >= 15 is 0 Å². The summed E-state index contributed by atoms with van der Waals surface area (Å²) >= 11 is 0. The fourth-order valence-electron chi connectivity index (χ4n) is 3.11. The minimum absolute atomic E-state index is 0.00769. The summed E-state index contributed by atoms with van der Waals surface area (Å²) in [5.41, 5.74) is 4.27. The molecule has 2 aromatic carbocycles. The first-order valence-corrected chi connectivity index (χ1v) is 10.0. The van der Waals surface area contributed by atoms with Crippen LogP contribution in [0.2, 0.25) is 0 Å². The second kappa shape index (κ2) is 10.3. The molecule has 0 aliphatic heterocycles. The van der Waals surface area contributed by atoms with E-state index < -0.39 is 10.8 Å². The number of hydrogen-bond acceptors (Lipinski definition) is 7. The van der Waals surface area contributed by atoms with Crippen LogP contribution in [0.5, 0.6) is 11.5 Å². The van der Waals surface area contributed by atoms with Crippen LogP contribution < -0.4 is 14.9 Å². The molecule has 1 amide bonds. The van der Waals surface area contributed by atoms with Gasteiger partial charge in [-0.25, -0.2) is 5.43 Å². The van der Waals surface area contributed by atoms with Crippen LogP contribution in [-0.4, -0.2) is 30.3 Å². The molecule has 3 rings (SSSR count). The van der Waals surface area contributed by atoms with Gasteiger partial charge in [0, 0.05) is 23.1 Å². The third-order valence-corrected chi connectivity index (χ3v) is 4.42. The summed E-state index contributed by atoms with van der Waals surface area (Å²) in [4.78, 5) is 22.8. The quantitative estimate of drug-likeness (QED) is 0.214. The lowest BCUT2D eigenvalue weighted by molar-refractivity contribution is -0.384. The molecule has 0 spiro atoms. The van der Waals surface area contributed by atoms with Crippen molar-refractivity contribution in [3.05, 3.63) is 76.1 Å². The van der Waals surface area contributed by atoms with Crippen molar-refractivity contribution in [2.24, 2.45) is 5.10 Å². The van der Waals surface area contributed by atoms with Crippen LogP contribution in [0.3, 0.4) is 0 Å². The molecule has 166 valence electrons. The van der Waals surface area contributed by atoms with Crippen LogP contribution >= 0.6 is 0 Å². The highest BCUT2D eigenvalue weighted by Crippen LogP contribution is 2.33. The van der Waals surface area contributed by atoms with Gasteiger partial charge in [0.05, 0.1) is 24.4 Å². The molecule has 0 saturated carbocycles. The van der Waals surface area contributed by atoms with Crippen LogP contribution in [0, 0.1) is 10.1 Å². The average molecular weight is 437 g/mol. The van der Waals surface area contributed by atoms with Gasteiger partial charge in [0.1, 0.15) is 5.58 Å². The van der Waals surface area contributed by atoms with Gasteiger partial charge in [-0.2, -0.15) is 5.10 Å². The topological polar surface area (TPSA) is 116 Å². The molecule has 0 fully saturated rings. The number of nitrogens with zero attached hydrogens (tertiary/aromatic N) is 2. The van der Waals surface area contributed by atoms with Gasteiger partial charge in [-0.1, -0.05) is 6.08 Å². The van der Waals surface area contributed by atoms with E-state index in [1.165, 1.54) is 30.5 Å². The number of carbonyl (C=O) groups excluding carboxylic acids is 1. The average Bonchev–Trinajstić information content (AvgIpc) is 3.20. The number of allylic oxidation sites excluding steroid dienone is 1. The summed E-state index contributed by atoms with van der Waals surface area (Å²) in [5, 5.41) is 15.4. The number of hydrogen-bond donors (Lipinski definition) is 1. The van der Waals surface area contributed by atoms with Gasteiger partial charge in [0.15, 0.2) is 17.3 Å². The number of rotatable bonds is 10. The van der Waals surface area contributed by atoms with E-state index in [0.717, 1.165) is 5.56 Å².